The number of rotatable bonds is 4. The highest BCUT2D eigenvalue weighted by Gasteiger charge is 2.43. The minimum atomic E-state index is -1.05. The molecule has 4 rings (SSSR count). The molecule has 0 saturated carbocycles. The first-order valence-electron chi connectivity index (χ1n) is 8.36. The van der Waals surface area contributed by atoms with E-state index in [0.29, 0.717) is 11.5 Å². The summed E-state index contributed by atoms with van der Waals surface area (Å²) >= 11 is 1.38. The second kappa shape index (κ2) is 7.40. The third-order valence-corrected chi connectivity index (χ3v) is 5.71. The van der Waals surface area contributed by atoms with Crippen molar-refractivity contribution in [1.82, 2.24) is 4.90 Å². The quantitative estimate of drug-likeness (QED) is 0.862. The molecular formula is C19H17NO6S. The second-order valence-electron chi connectivity index (χ2n) is 6.10. The van der Waals surface area contributed by atoms with Gasteiger partial charge in [-0.1, -0.05) is 36.4 Å². The maximum absolute atomic E-state index is 12.7. The van der Waals surface area contributed by atoms with Crippen LogP contribution in [0.25, 0.3) is 0 Å². The number of benzene rings is 2. The summed E-state index contributed by atoms with van der Waals surface area (Å²) in [4.78, 5) is 25.7. The number of aliphatic carboxylic acids is 1. The Hall–Kier alpha value is -2.87. The lowest BCUT2D eigenvalue weighted by Crippen LogP contribution is -2.43. The Morgan fingerprint density at radius 2 is 1.93 bits per heavy atom. The fraction of sp³-hybridized carbons (Fsp3) is 0.263. The van der Waals surface area contributed by atoms with Crippen LogP contribution >= 0.6 is 11.8 Å². The minimum absolute atomic E-state index is 0.0844. The summed E-state index contributed by atoms with van der Waals surface area (Å²) in [7, 11) is 0. The van der Waals surface area contributed by atoms with Crippen molar-refractivity contribution in [2.75, 3.05) is 12.5 Å². The fourth-order valence-electron chi connectivity index (χ4n) is 3.04. The van der Waals surface area contributed by atoms with E-state index in [1.54, 1.807) is 12.1 Å². The van der Waals surface area contributed by atoms with E-state index in [4.69, 9.17) is 14.2 Å². The number of hydrogen-bond donors (Lipinski definition) is 1. The summed E-state index contributed by atoms with van der Waals surface area (Å²) in [6, 6.07) is 13.7. The van der Waals surface area contributed by atoms with Crippen molar-refractivity contribution in [3.05, 3.63) is 59.7 Å². The molecule has 7 nitrogen and oxygen atoms in total. The molecule has 1 amide bonds. The molecule has 27 heavy (non-hydrogen) atoms. The zero-order chi connectivity index (χ0) is 18.8. The molecule has 140 valence electrons. The van der Waals surface area contributed by atoms with Crippen LogP contribution in [0.15, 0.2) is 48.5 Å². The van der Waals surface area contributed by atoms with E-state index in [9.17, 15) is 14.7 Å². The first kappa shape index (κ1) is 17.5. The van der Waals surface area contributed by atoms with Crippen LogP contribution in [0.5, 0.6) is 11.5 Å². The van der Waals surface area contributed by atoms with Crippen LogP contribution in [-0.4, -0.2) is 40.7 Å². The number of thioether (sulfide) groups is 1. The molecule has 0 aliphatic carbocycles. The summed E-state index contributed by atoms with van der Waals surface area (Å²) in [5, 5.41) is 9.06. The van der Waals surface area contributed by atoms with Gasteiger partial charge in [-0.15, -0.1) is 11.8 Å². The van der Waals surface area contributed by atoms with Gasteiger partial charge >= 0.3 is 12.1 Å². The monoisotopic (exact) mass is 387 g/mol. The molecule has 0 aromatic heterocycles. The van der Waals surface area contributed by atoms with E-state index >= 15 is 0 Å². The Bertz CT molecular complexity index is 859. The Labute approximate surface area is 159 Å². The summed E-state index contributed by atoms with van der Waals surface area (Å²) < 4.78 is 16.1. The number of nitrogens with zero attached hydrogens (tertiary/aromatic N) is 1. The van der Waals surface area contributed by atoms with E-state index in [1.807, 2.05) is 36.4 Å². The number of carbonyl (C=O) groups excluding carboxylic acids is 1. The molecule has 2 atom stereocenters. The molecule has 0 bridgehead atoms. The summed E-state index contributed by atoms with van der Waals surface area (Å²) in [6.45, 7) is 0.234. The van der Waals surface area contributed by atoms with Crippen molar-refractivity contribution in [1.29, 1.82) is 0 Å². The Balaban J connectivity index is 1.55. The highest BCUT2D eigenvalue weighted by atomic mass is 32.2. The van der Waals surface area contributed by atoms with Gasteiger partial charge < -0.3 is 19.3 Å². The highest BCUT2D eigenvalue weighted by Crippen LogP contribution is 2.44. The Kier molecular flexibility index (Phi) is 4.81. The van der Waals surface area contributed by atoms with Gasteiger partial charge in [0.25, 0.3) is 0 Å². The van der Waals surface area contributed by atoms with E-state index in [-0.39, 0.29) is 19.2 Å². The van der Waals surface area contributed by atoms with Gasteiger partial charge in [-0.25, -0.2) is 9.59 Å². The lowest BCUT2D eigenvalue weighted by Gasteiger charge is -2.27. The Morgan fingerprint density at radius 3 is 2.70 bits per heavy atom. The lowest BCUT2D eigenvalue weighted by atomic mass is 10.1. The van der Waals surface area contributed by atoms with Gasteiger partial charge in [0.15, 0.2) is 11.5 Å². The maximum Gasteiger partial charge on any atom is 0.412 e. The number of carboxylic acid groups (broad SMARTS) is 1. The molecule has 1 N–H and O–H groups in total. The SMILES string of the molecule is O=C(O)[C@H]1CSC(c2ccc3c(c2)OCO3)N1C(=O)OCc1ccccc1. The first-order chi connectivity index (χ1) is 13.1. The number of hydrogen-bond acceptors (Lipinski definition) is 6. The minimum Gasteiger partial charge on any atom is -0.480 e. The molecular weight excluding hydrogens is 370 g/mol. The second-order valence-corrected chi connectivity index (χ2v) is 7.21. The molecule has 8 heteroatoms. The molecule has 1 fully saturated rings. The average molecular weight is 387 g/mol. The topological polar surface area (TPSA) is 85.3 Å². The molecule has 2 aliphatic rings. The van der Waals surface area contributed by atoms with Gasteiger partial charge in [-0.05, 0) is 23.3 Å². The molecule has 2 aliphatic heterocycles. The van der Waals surface area contributed by atoms with Crippen LogP contribution in [0.3, 0.4) is 0 Å². The van der Waals surface area contributed by atoms with E-state index in [0.717, 1.165) is 11.1 Å². The maximum atomic E-state index is 12.7. The number of fused-ring (bicyclic) bond motifs is 1. The third kappa shape index (κ3) is 3.52. The van der Waals surface area contributed by atoms with Crippen LogP contribution in [0.4, 0.5) is 4.79 Å². The van der Waals surface area contributed by atoms with Crippen molar-refractivity contribution in [2.24, 2.45) is 0 Å². The predicted octanol–water partition coefficient (Wildman–Crippen LogP) is 3.25. The predicted molar refractivity (Wildman–Crippen MR) is 97.7 cm³/mol. The first-order valence-corrected chi connectivity index (χ1v) is 9.41. The largest absolute Gasteiger partial charge is 0.480 e. The van der Waals surface area contributed by atoms with Crippen LogP contribution in [0.1, 0.15) is 16.5 Å². The molecule has 1 unspecified atom stereocenters. The van der Waals surface area contributed by atoms with Gasteiger partial charge in [0.05, 0.1) is 0 Å². The smallest absolute Gasteiger partial charge is 0.412 e. The van der Waals surface area contributed by atoms with E-state index in [1.165, 1.54) is 16.7 Å². The number of carbonyl (C=O) groups is 2. The van der Waals surface area contributed by atoms with E-state index < -0.39 is 23.5 Å². The number of carboxylic acids is 1. The molecule has 2 aromatic rings. The van der Waals surface area contributed by atoms with Gasteiger partial charge in [-0.2, -0.15) is 0 Å². The van der Waals surface area contributed by atoms with Crippen molar-refractivity contribution >= 4 is 23.8 Å². The van der Waals surface area contributed by atoms with Crippen molar-refractivity contribution in [3.8, 4) is 11.5 Å². The van der Waals surface area contributed by atoms with Crippen molar-refractivity contribution in [3.63, 3.8) is 0 Å². The summed E-state index contributed by atoms with van der Waals surface area (Å²) in [5.74, 6) is 0.455. The number of ether oxygens (including phenoxy) is 3. The molecule has 0 radical (unpaired) electrons. The molecule has 2 aromatic carbocycles. The molecule has 0 spiro atoms. The lowest BCUT2D eigenvalue weighted by molar-refractivity contribution is -0.141. The van der Waals surface area contributed by atoms with Crippen LogP contribution in [0.2, 0.25) is 0 Å². The van der Waals surface area contributed by atoms with Gasteiger partial charge in [0, 0.05) is 5.75 Å². The van der Waals surface area contributed by atoms with Gasteiger partial charge in [0.2, 0.25) is 6.79 Å². The normalized spacial score (nSPS) is 20.5. The number of amides is 1. The molecule has 2 heterocycles. The highest BCUT2D eigenvalue weighted by molar-refractivity contribution is 7.99. The zero-order valence-electron chi connectivity index (χ0n) is 14.2. The Morgan fingerprint density at radius 1 is 1.15 bits per heavy atom. The van der Waals surface area contributed by atoms with Crippen LogP contribution < -0.4 is 9.47 Å². The zero-order valence-corrected chi connectivity index (χ0v) is 15.1. The van der Waals surface area contributed by atoms with Crippen LogP contribution in [0, 0.1) is 0 Å². The van der Waals surface area contributed by atoms with Crippen molar-refractivity contribution in [2.45, 2.75) is 18.0 Å². The van der Waals surface area contributed by atoms with E-state index in [2.05, 4.69) is 0 Å². The summed E-state index contributed by atoms with van der Waals surface area (Å²) in [5.41, 5.74) is 1.61. The molecule has 1 saturated heterocycles. The standard InChI is InChI=1S/C19H17NO6S/c21-18(22)14-10-27-17(13-6-7-15-16(8-13)26-11-25-15)20(14)19(23)24-9-12-4-2-1-3-5-12/h1-8,14,17H,9-11H2,(H,21,22)/t14-,17?/m1/s1. The van der Waals surface area contributed by atoms with Gasteiger partial charge in [0.1, 0.15) is 18.0 Å². The van der Waals surface area contributed by atoms with Crippen molar-refractivity contribution < 1.29 is 28.9 Å². The average Bonchev–Trinajstić information content (AvgIpc) is 3.33. The van der Waals surface area contributed by atoms with Crippen LogP contribution in [-0.2, 0) is 16.1 Å². The van der Waals surface area contributed by atoms with Gasteiger partial charge in [-0.3, -0.25) is 4.90 Å². The fourth-order valence-corrected chi connectivity index (χ4v) is 4.44. The summed E-state index contributed by atoms with van der Waals surface area (Å²) in [6.07, 6.45) is -0.654. The third-order valence-electron chi connectivity index (χ3n) is 4.38.